The third kappa shape index (κ3) is 6.07. The zero-order valence-corrected chi connectivity index (χ0v) is 22.1. The smallest absolute Gasteiger partial charge is 0.335 e. The first kappa shape index (κ1) is 25.3. The summed E-state index contributed by atoms with van der Waals surface area (Å²) in [6.07, 6.45) is 14.7. The Morgan fingerprint density at radius 3 is 2.37 bits per heavy atom. The Morgan fingerprint density at radius 2 is 1.74 bits per heavy atom. The highest BCUT2D eigenvalue weighted by Gasteiger charge is 2.37. The first-order valence-corrected chi connectivity index (χ1v) is 13.4. The van der Waals surface area contributed by atoms with E-state index in [-0.39, 0.29) is 10.8 Å². The number of rotatable bonds is 8. The molecule has 0 fully saturated rings. The maximum atomic E-state index is 11.2. The number of aryl methyl sites for hydroxylation is 1. The number of nitrogens with zero attached hydrogens (tertiary/aromatic N) is 2. The van der Waals surface area contributed by atoms with Gasteiger partial charge in [0.25, 0.3) is 0 Å². The number of fused-ring (bicyclic) bond motifs is 1. The number of carbonyl (C=O) groups is 1. The fraction of sp³-hybridized carbons (Fsp3) is 0.400. The monoisotopic (exact) mass is 488 g/mol. The number of hydrogen-bond acceptors (Lipinski definition) is 4. The van der Waals surface area contributed by atoms with Crippen molar-refractivity contribution in [1.29, 1.82) is 0 Å². The Hall–Kier alpha value is -2.79. The molecule has 184 valence electrons. The summed E-state index contributed by atoms with van der Waals surface area (Å²) in [5.74, 6) is 0.151. The van der Waals surface area contributed by atoms with Gasteiger partial charge in [-0.1, -0.05) is 64.1 Å². The lowest BCUT2D eigenvalue weighted by Crippen LogP contribution is -2.34. The van der Waals surface area contributed by atoms with E-state index in [1.807, 2.05) is 36.4 Å². The van der Waals surface area contributed by atoms with Gasteiger partial charge >= 0.3 is 5.97 Å². The molecule has 0 bridgehead atoms. The Morgan fingerprint density at radius 1 is 1.06 bits per heavy atom. The minimum atomic E-state index is -0.896. The molecule has 0 aromatic heterocycles. The first-order chi connectivity index (χ1) is 16.7. The lowest BCUT2D eigenvalue weighted by molar-refractivity contribution is 0.0697. The minimum Gasteiger partial charge on any atom is -0.478 e. The molecule has 0 saturated carbocycles. The van der Waals surface area contributed by atoms with Gasteiger partial charge in [0.2, 0.25) is 0 Å². The van der Waals surface area contributed by atoms with Crippen LogP contribution < -0.4 is 0 Å². The summed E-state index contributed by atoms with van der Waals surface area (Å²) >= 11 is 1.83. The second kappa shape index (κ2) is 10.4. The normalized spacial score (nSPS) is 18.1. The van der Waals surface area contributed by atoms with Crippen LogP contribution >= 0.6 is 11.9 Å². The van der Waals surface area contributed by atoms with E-state index in [0.29, 0.717) is 5.56 Å². The van der Waals surface area contributed by atoms with Gasteiger partial charge in [0.15, 0.2) is 0 Å². The van der Waals surface area contributed by atoms with Crippen molar-refractivity contribution in [2.75, 3.05) is 12.4 Å². The van der Waals surface area contributed by atoms with Gasteiger partial charge in [-0.15, -0.1) is 0 Å². The molecule has 1 aliphatic carbocycles. The van der Waals surface area contributed by atoms with Crippen molar-refractivity contribution in [2.45, 2.75) is 64.2 Å². The fourth-order valence-electron chi connectivity index (χ4n) is 4.87. The quantitative estimate of drug-likeness (QED) is 0.240. The standard InChI is InChI=1S/C30H36N2O2S/c1-29(2)14-15-30(3,4)27-20-25(13-10-22-8-11-23(12-9-22)28(33)34)24(19-26(27)29)7-5-18-35-32-17-6-16-31-21-32/h6,8-13,16-17,19-20H,5,7,14-15,18,21H2,1-4H3,(H,33,34)/b13-10+. The summed E-state index contributed by atoms with van der Waals surface area (Å²) in [4.78, 5) is 15.5. The molecule has 2 aromatic carbocycles. The Kier molecular flexibility index (Phi) is 7.56. The number of aromatic carboxylic acids is 1. The number of allylic oxidation sites excluding steroid dienone is 1. The SMILES string of the molecule is CC1(C)CCC(C)(C)c2cc(CCCSN3C=CC=NC3)c(/C=C/c3ccc(C(=O)O)cc3)cc21. The number of carboxylic acid groups (broad SMARTS) is 1. The summed E-state index contributed by atoms with van der Waals surface area (Å²) in [6.45, 7) is 10.2. The van der Waals surface area contributed by atoms with E-state index in [1.54, 1.807) is 12.1 Å². The molecule has 0 amide bonds. The zero-order chi connectivity index (χ0) is 25.1. The van der Waals surface area contributed by atoms with Crippen molar-refractivity contribution in [3.63, 3.8) is 0 Å². The molecule has 35 heavy (non-hydrogen) atoms. The average Bonchev–Trinajstić information content (AvgIpc) is 2.84. The molecule has 0 spiro atoms. The number of aliphatic imine (C=N–C) groups is 1. The topological polar surface area (TPSA) is 52.9 Å². The number of carboxylic acids is 1. The highest BCUT2D eigenvalue weighted by atomic mass is 32.2. The molecular weight excluding hydrogens is 452 g/mol. The maximum Gasteiger partial charge on any atom is 0.335 e. The Labute approximate surface area is 214 Å². The second-order valence-electron chi connectivity index (χ2n) is 10.8. The molecule has 1 aliphatic heterocycles. The molecule has 4 nitrogen and oxygen atoms in total. The molecular formula is C30H36N2O2S. The predicted octanol–water partition coefficient (Wildman–Crippen LogP) is 7.34. The van der Waals surface area contributed by atoms with E-state index in [2.05, 4.69) is 67.5 Å². The van der Waals surface area contributed by atoms with Gasteiger partial charge in [0.1, 0.15) is 6.67 Å². The van der Waals surface area contributed by atoms with E-state index in [1.165, 1.54) is 35.1 Å². The van der Waals surface area contributed by atoms with Crippen LogP contribution in [-0.4, -0.2) is 34.0 Å². The van der Waals surface area contributed by atoms with Crippen molar-refractivity contribution in [2.24, 2.45) is 4.99 Å². The van der Waals surface area contributed by atoms with Gasteiger partial charge in [-0.05, 0) is 94.5 Å². The Balaban J connectivity index is 1.60. The van der Waals surface area contributed by atoms with Crippen LogP contribution in [0, 0.1) is 0 Å². The van der Waals surface area contributed by atoms with Crippen LogP contribution in [0.1, 0.15) is 85.1 Å². The van der Waals surface area contributed by atoms with Crippen molar-refractivity contribution >= 4 is 36.3 Å². The van der Waals surface area contributed by atoms with Crippen LogP contribution in [0.4, 0.5) is 0 Å². The number of benzene rings is 2. The molecule has 0 radical (unpaired) electrons. The molecule has 1 N–H and O–H groups in total. The lowest BCUT2D eigenvalue weighted by Gasteiger charge is -2.42. The van der Waals surface area contributed by atoms with E-state index >= 15 is 0 Å². The molecule has 0 atom stereocenters. The highest BCUT2D eigenvalue weighted by Crippen LogP contribution is 2.47. The van der Waals surface area contributed by atoms with Crippen molar-refractivity contribution in [1.82, 2.24) is 4.31 Å². The van der Waals surface area contributed by atoms with Gasteiger partial charge < -0.3 is 9.41 Å². The summed E-state index contributed by atoms with van der Waals surface area (Å²) in [7, 11) is 0. The van der Waals surface area contributed by atoms with Gasteiger partial charge in [0, 0.05) is 18.2 Å². The minimum absolute atomic E-state index is 0.159. The van der Waals surface area contributed by atoms with Gasteiger partial charge in [0.05, 0.1) is 5.56 Å². The fourth-order valence-corrected chi connectivity index (χ4v) is 5.68. The average molecular weight is 489 g/mol. The van der Waals surface area contributed by atoms with Crippen LogP contribution in [0.25, 0.3) is 12.2 Å². The van der Waals surface area contributed by atoms with Crippen LogP contribution in [0.2, 0.25) is 0 Å². The summed E-state index contributed by atoms with van der Waals surface area (Å²) < 4.78 is 2.18. The van der Waals surface area contributed by atoms with Crippen molar-refractivity contribution < 1.29 is 9.90 Å². The van der Waals surface area contributed by atoms with Crippen LogP contribution in [0.3, 0.4) is 0 Å². The van der Waals surface area contributed by atoms with Crippen LogP contribution in [0.15, 0.2) is 53.7 Å². The summed E-state index contributed by atoms with van der Waals surface area (Å²) in [6, 6.07) is 12.0. The van der Waals surface area contributed by atoms with Crippen molar-refractivity contribution in [3.8, 4) is 0 Å². The van der Waals surface area contributed by atoms with E-state index in [0.717, 1.165) is 30.8 Å². The van der Waals surface area contributed by atoms with E-state index in [4.69, 9.17) is 0 Å². The van der Waals surface area contributed by atoms with Crippen molar-refractivity contribution in [3.05, 3.63) is 82.1 Å². The van der Waals surface area contributed by atoms with Gasteiger partial charge in [-0.2, -0.15) is 0 Å². The zero-order valence-electron chi connectivity index (χ0n) is 21.3. The molecule has 2 aliphatic rings. The third-order valence-corrected chi connectivity index (χ3v) is 8.28. The summed E-state index contributed by atoms with van der Waals surface area (Å²) in [5, 5.41) is 9.18. The lowest BCUT2D eigenvalue weighted by atomic mass is 9.62. The highest BCUT2D eigenvalue weighted by molar-refractivity contribution is 7.97. The summed E-state index contributed by atoms with van der Waals surface area (Å²) in [5.41, 5.74) is 7.27. The van der Waals surface area contributed by atoms with Crippen LogP contribution in [0.5, 0.6) is 0 Å². The molecule has 2 aromatic rings. The maximum absolute atomic E-state index is 11.2. The second-order valence-corrected chi connectivity index (χ2v) is 11.9. The molecule has 5 heteroatoms. The van der Waals surface area contributed by atoms with Crippen LogP contribution in [-0.2, 0) is 17.3 Å². The number of hydrogen-bond donors (Lipinski definition) is 1. The molecule has 0 unspecified atom stereocenters. The molecule has 4 rings (SSSR count). The molecule has 1 heterocycles. The van der Waals surface area contributed by atoms with Gasteiger partial charge in [-0.25, -0.2) is 4.79 Å². The van der Waals surface area contributed by atoms with Gasteiger partial charge in [-0.3, -0.25) is 4.99 Å². The largest absolute Gasteiger partial charge is 0.478 e. The first-order valence-electron chi connectivity index (χ1n) is 12.4. The Bertz CT molecular complexity index is 1160. The van der Waals surface area contributed by atoms with E-state index in [9.17, 15) is 9.90 Å². The molecule has 0 saturated heterocycles. The van der Waals surface area contributed by atoms with E-state index < -0.39 is 5.97 Å². The third-order valence-electron chi connectivity index (χ3n) is 7.24. The predicted molar refractivity (Wildman–Crippen MR) is 149 cm³/mol.